The molecule has 118 valence electrons. The molecule has 0 bridgehead atoms. The van der Waals surface area contributed by atoms with Gasteiger partial charge in [0.05, 0.1) is 18.2 Å². The lowest BCUT2D eigenvalue weighted by Crippen LogP contribution is -2.42. The number of morpholine rings is 1. The summed E-state index contributed by atoms with van der Waals surface area (Å²) in [5, 5.41) is 5.69. The number of hydrogen-bond acceptors (Lipinski definition) is 6. The van der Waals surface area contributed by atoms with E-state index in [1.54, 1.807) is 28.9 Å². The van der Waals surface area contributed by atoms with E-state index < -0.39 is 0 Å². The molecule has 0 saturated carbocycles. The number of carbonyl (C=O) groups excluding carboxylic acids is 1. The number of rotatable bonds is 2. The van der Waals surface area contributed by atoms with E-state index in [1.165, 1.54) is 0 Å². The molecule has 2 aromatic rings. The molecule has 1 saturated heterocycles. The molecule has 0 aromatic carbocycles. The van der Waals surface area contributed by atoms with E-state index in [0.717, 1.165) is 10.0 Å². The number of thiazole rings is 2. The molecule has 2 aromatic heterocycles. The Morgan fingerprint density at radius 3 is 2.86 bits per heavy atom. The molecule has 22 heavy (non-hydrogen) atoms. The number of hydrogen-bond donors (Lipinski definition) is 0. The maximum absolute atomic E-state index is 12.7. The number of amides is 1. The SMILES string of the molecule is CC(C)(C)c1nc(C(=O)N2CCOC(c3nccs3)C2)cs1. The smallest absolute Gasteiger partial charge is 0.273 e. The van der Waals surface area contributed by atoms with E-state index >= 15 is 0 Å². The van der Waals surface area contributed by atoms with Gasteiger partial charge in [-0.05, 0) is 0 Å². The Balaban J connectivity index is 1.73. The van der Waals surface area contributed by atoms with Crippen LogP contribution in [0.5, 0.6) is 0 Å². The predicted molar refractivity (Wildman–Crippen MR) is 87.5 cm³/mol. The van der Waals surface area contributed by atoms with Crippen molar-refractivity contribution in [3.63, 3.8) is 0 Å². The molecular formula is C15H19N3O2S2. The lowest BCUT2D eigenvalue weighted by Gasteiger charge is -2.31. The van der Waals surface area contributed by atoms with Crippen molar-refractivity contribution in [2.24, 2.45) is 0 Å². The third-order valence-corrected chi connectivity index (χ3v) is 5.58. The molecule has 1 fully saturated rings. The van der Waals surface area contributed by atoms with Gasteiger partial charge in [-0.3, -0.25) is 4.79 Å². The van der Waals surface area contributed by atoms with E-state index in [4.69, 9.17) is 4.74 Å². The van der Waals surface area contributed by atoms with Crippen molar-refractivity contribution in [2.45, 2.75) is 32.3 Å². The summed E-state index contributed by atoms with van der Waals surface area (Å²) >= 11 is 3.11. The highest BCUT2D eigenvalue weighted by molar-refractivity contribution is 7.10. The summed E-state index contributed by atoms with van der Waals surface area (Å²) in [6.07, 6.45) is 1.64. The molecule has 1 amide bonds. The van der Waals surface area contributed by atoms with Crippen LogP contribution in [0.2, 0.25) is 0 Å². The number of nitrogens with zero attached hydrogens (tertiary/aromatic N) is 3. The molecule has 0 radical (unpaired) electrons. The van der Waals surface area contributed by atoms with Gasteiger partial charge in [-0.25, -0.2) is 9.97 Å². The van der Waals surface area contributed by atoms with E-state index in [9.17, 15) is 4.79 Å². The fourth-order valence-electron chi connectivity index (χ4n) is 2.26. The minimum absolute atomic E-state index is 0.0170. The largest absolute Gasteiger partial charge is 0.367 e. The molecule has 3 heterocycles. The second-order valence-corrected chi connectivity index (χ2v) is 8.05. The summed E-state index contributed by atoms with van der Waals surface area (Å²) in [6, 6.07) is 0. The maximum Gasteiger partial charge on any atom is 0.273 e. The molecule has 0 spiro atoms. The highest BCUT2D eigenvalue weighted by Crippen LogP contribution is 2.28. The van der Waals surface area contributed by atoms with Crippen LogP contribution in [-0.2, 0) is 10.2 Å². The molecule has 5 nitrogen and oxygen atoms in total. The molecular weight excluding hydrogens is 318 g/mol. The standard InChI is InChI=1S/C15H19N3O2S2/c1-15(2,3)14-17-10(9-22-14)13(19)18-5-6-20-11(8-18)12-16-4-7-21-12/h4,7,9,11H,5-6,8H2,1-3H3. The Morgan fingerprint density at radius 2 is 2.23 bits per heavy atom. The van der Waals surface area contributed by atoms with Gasteiger partial charge in [0.15, 0.2) is 0 Å². The second-order valence-electron chi connectivity index (χ2n) is 6.27. The van der Waals surface area contributed by atoms with Crippen LogP contribution in [0.3, 0.4) is 0 Å². The first kappa shape index (κ1) is 15.6. The van der Waals surface area contributed by atoms with Crippen LogP contribution in [0.1, 0.15) is 47.4 Å². The molecule has 7 heteroatoms. The predicted octanol–water partition coefficient (Wildman–Crippen LogP) is 3.11. The summed E-state index contributed by atoms with van der Waals surface area (Å²) in [6.45, 7) is 7.98. The van der Waals surface area contributed by atoms with Crippen molar-refractivity contribution < 1.29 is 9.53 Å². The lowest BCUT2D eigenvalue weighted by atomic mass is 9.98. The van der Waals surface area contributed by atoms with Crippen molar-refractivity contribution in [3.05, 3.63) is 32.7 Å². The van der Waals surface area contributed by atoms with Crippen LogP contribution in [0.4, 0.5) is 0 Å². The summed E-state index contributed by atoms with van der Waals surface area (Å²) in [7, 11) is 0. The van der Waals surface area contributed by atoms with Crippen LogP contribution < -0.4 is 0 Å². The Hall–Kier alpha value is -1.31. The van der Waals surface area contributed by atoms with Crippen molar-refractivity contribution >= 4 is 28.6 Å². The highest BCUT2D eigenvalue weighted by atomic mass is 32.1. The van der Waals surface area contributed by atoms with Gasteiger partial charge in [-0.15, -0.1) is 22.7 Å². The zero-order valence-electron chi connectivity index (χ0n) is 12.9. The fraction of sp³-hybridized carbons (Fsp3) is 0.533. The van der Waals surface area contributed by atoms with E-state index in [2.05, 4.69) is 30.7 Å². The minimum atomic E-state index is -0.126. The maximum atomic E-state index is 12.7. The van der Waals surface area contributed by atoms with Crippen molar-refractivity contribution in [2.75, 3.05) is 19.7 Å². The van der Waals surface area contributed by atoms with Gasteiger partial charge < -0.3 is 9.64 Å². The summed E-state index contributed by atoms with van der Waals surface area (Å²) in [4.78, 5) is 23.3. The average molecular weight is 337 g/mol. The minimum Gasteiger partial charge on any atom is -0.367 e. The van der Waals surface area contributed by atoms with Crippen LogP contribution in [0.15, 0.2) is 17.0 Å². The molecule has 1 unspecified atom stereocenters. The van der Waals surface area contributed by atoms with Gasteiger partial charge in [0.25, 0.3) is 5.91 Å². The first-order valence-corrected chi connectivity index (χ1v) is 8.97. The van der Waals surface area contributed by atoms with Crippen molar-refractivity contribution in [1.29, 1.82) is 0 Å². The molecule has 1 atom stereocenters. The van der Waals surface area contributed by atoms with Gasteiger partial charge in [-0.2, -0.15) is 0 Å². The fourth-order valence-corrected chi connectivity index (χ4v) is 3.81. The topological polar surface area (TPSA) is 55.3 Å². The third-order valence-electron chi connectivity index (χ3n) is 3.45. The van der Waals surface area contributed by atoms with Gasteiger partial charge in [0, 0.05) is 28.9 Å². The Kier molecular flexibility index (Phi) is 4.29. The zero-order valence-corrected chi connectivity index (χ0v) is 14.5. The van der Waals surface area contributed by atoms with Gasteiger partial charge in [-0.1, -0.05) is 20.8 Å². The molecule has 1 aliphatic heterocycles. The summed E-state index contributed by atoms with van der Waals surface area (Å²) < 4.78 is 5.73. The summed E-state index contributed by atoms with van der Waals surface area (Å²) in [5.74, 6) is -0.0170. The highest BCUT2D eigenvalue weighted by Gasteiger charge is 2.29. The molecule has 3 rings (SSSR count). The average Bonchev–Trinajstić information content (AvgIpc) is 3.17. The monoisotopic (exact) mass is 337 g/mol. The van der Waals surface area contributed by atoms with Gasteiger partial charge in [0.1, 0.15) is 16.8 Å². The lowest BCUT2D eigenvalue weighted by molar-refractivity contribution is -0.0230. The number of carbonyl (C=O) groups is 1. The first-order valence-electron chi connectivity index (χ1n) is 7.21. The first-order chi connectivity index (χ1) is 10.4. The van der Waals surface area contributed by atoms with Crippen molar-refractivity contribution in [1.82, 2.24) is 14.9 Å². The van der Waals surface area contributed by atoms with Gasteiger partial charge in [0.2, 0.25) is 0 Å². The number of aromatic nitrogens is 2. The van der Waals surface area contributed by atoms with Crippen molar-refractivity contribution in [3.8, 4) is 0 Å². The quantitative estimate of drug-likeness (QED) is 0.845. The normalized spacial score (nSPS) is 19.4. The van der Waals surface area contributed by atoms with Gasteiger partial charge >= 0.3 is 0 Å². The second kappa shape index (κ2) is 6.06. The number of ether oxygens (including phenoxy) is 1. The third kappa shape index (κ3) is 3.21. The van der Waals surface area contributed by atoms with E-state index in [1.807, 2.05) is 15.7 Å². The van der Waals surface area contributed by atoms with Crippen LogP contribution in [0.25, 0.3) is 0 Å². The molecule has 0 N–H and O–H groups in total. The summed E-state index contributed by atoms with van der Waals surface area (Å²) in [5.41, 5.74) is 0.507. The Labute approximate surface area is 138 Å². The Bertz CT molecular complexity index is 646. The van der Waals surface area contributed by atoms with Crippen LogP contribution in [-0.4, -0.2) is 40.5 Å². The molecule has 1 aliphatic rings. The van der Waals surface area contributed by atoms with Crippen LogP contribution >= 0.6 is 22.7 Å². The zero-order chi connectivity index (χ0) is 15.7. The van der Waals surface area contributed by atoms with Crippen LogP contribution in [0, 0.1) is 0 Å². The Morgan fingerprint density at radius 1 is 1.41 bits per heavy atom. The molecule has 0 aliphatic carbocycles. The van der Waals surface area contributed by atoms with E-state index in [-0.39, 0.29) is 17.4 Å². The van der Waals surface area contributed by atoms with E-state index in [0.29, 0.717) is 25.4 Å².